The third-order valence-electron chi connectivity index (χ3n) is 3.98. The Labute approximate surface area is 135 Å². The SMILES string of the molecule is Cc1ccc(C(C)Cc2cn(Cc3ccccc3)nn2)c(F)c1. The Hall–Kier alpha value is -2.49. The average molecular weight is 309 g/mol. The Bertz CT molecular complexity index is 780. The highest BCUT2D eigenvalue weighted by atomic mass is 19.1. The van der Waals surface area contributed by atoms with Crippen LogP contribution < -0.4 is 0 Å². The molecule has 0 aliphatic carbocycles. The molecule has 0 aliphatic rings. The van der Waals surface area contributed by atoms with Gasteiger partial charge in [0.2, 0.25) is 0 Å². The summed E-state index contributed by atoms with van der Waals surface area (Å²) in [5, 5.41) is 8.38. The number of rotatable bonds is 5. The van der Waals surface area contributed by atoms with Crippen molar-refractivity contribution in [3.8, 4) is 0 Å². The molecule has 0 saturated heterocycles. The quantitative estimate of drug-likeness (QED) is 0.710. The summed E-state index contributed by atoms with van der Waals surface area (Å²) in [4.78, 5) is 0. The molecule has 3 nitrogen and oxygen atoms in total. The molecule has 118 valence electrons. The molecule has 0 saturated carbocycles. The van der Waals surface area contributed by atoms with E-state index in [0.717, 1.165) is 16.8 Å². The number of halogens is 1. The Morgan fingerprint density at radius 1 is 1.13 bits per heavy atom. The summed E-state index contributed by atoms with van der Waals surface area (Å²) in [7, 11) is 0. The summed E-state index contributed by atoms with van der Waals surface area (Å²) in [6.07, 6.45) is 2.62. The molecule has 1 atom stereocenters. The summed E-state index contributed by atoms with van der Waals surface area (Å²) in [5.74, 6) is -0.0772. The van der Waals surface area contributed by atoms with E-state index in [1.165, 1.54) is 5.56 Å². The van der Waals surface area contributed by atoms with Crippen LogP contribution in [0.5, 0.6) is 0 Å². The van der Waals surface area contributed by atoms with E-state index in [-0.39, 0.29) is 11.7 Å². The summed E-state index contributed by atoms with van der Waals surface area (Å²) < 4.78 is 15.9. The van der Waals surface area contributed by atoms with Crippen LogP contribution in [0.3, 0.4) is 0 Å². The van der Waals surface area contributed by atoms with Crippen molar-refractivity contribution in [2.45, 2.75) is 32.7 Å². The van der Waals surface area contributed by atoms with Crippen LogP contribution in [0.2, 0.25) is 0 Å². The second kappa shape index (κ2) is 6.73. The number of nitrogens with zero attached hydrogens (tertiary/aromatic N) is 3. The fraction of sp³-hybridized carbons (Fsp3) is 0.263. The van der Waals surface area contributed by atoms with Gasteiger partial charge in [0.05, 0.1) is 12.2 Å². The smallest absolute Gasteiger partial charge is 0.126 e. The van der Waals surface area contributed by atoms with Gasteiger partial charge in [-0.3, -0.25) is 0 Å². The molecule has 1 heterocycles. The lowest BCUT2D eigenvalue weighted by Gasteiger charge is -2.11. The van der Waals surface area contributed by atoms with E-state index in [9.17, 15) is 4.39 Å². The molecular weight excluding hydrogens is 289 g/mol. The van der Waals surface area contributed by atoms with Crippen molar-refractivity contribution in [3.05, 3.63) is 82.9 Å². The molecule has 2 aromatic carbocycles. The fourth-order valence-corrected chi connectivity index (χ4v) is 2.74. The van der Waals surface area contributed by atoms with E-state index >= 15 is 0 Å². The lowest BCUT2D eigenvalue weighted by atomic mass is 9.95. The van der Waals surface area contributed by atoms with Crippen LogP contribution in [-0.4, -0.2) is 15.0 Å². The third kappa shape index (κ3) is 3.83. The largest absolute Gasteiger partial charge is 0.248 e. The number of aromatic nitrogens is 3. The van der Waals surface area contributed by atoms with Crippen LogP contribution >= 0.6 is 0 Å². The van der Waals surface area contributed by atoms with Gasteiger partial charge in [0.15, 0.2) is 0 Å². The first-order valence-corrected chi connectivity index (χ1v) is 7.81. The minimum absolute atomic E-state index is 0.0671. The van der Waals surface area contributed by atoms with Crippen LogP contribution in [0.15, 0.2) is 54.7 Å². The van der Waals surface area contributed by atoms with Crippen molar-refractivity contribution >= 4 is 0 Å². The Morgan fingerprint density at radius 3 is 2.65 bits per heavy atom. The normalized spacial score (nSPS) is 12.3. The van der Waals surface area contributed by atoms with Gasteiger partial charge in [-0.05, 0) is 42.0 Å². The minimum atomic E-state index is -0.144. The molecule has 0 aliphatic heterocycles. The van der Waals surface area contributed by atoms with Crippen molar-refractivity contribution in [1.82, 2.24) is 15.0 Å². The van der Waals surface area contributed by atoms with E-state index in [2.05, 4.69) is 22.4 Å². The molecule has 3 rings (SSSR count). The van der Waals surface area contributed by atoms with Gasteiger partial charge in [-0.25, -0.2) is 9.07 Å². The predicted octanol–water partition coefficient (Wildman–Crippen LogP) is 4.12. The van der Waals surface area contributed by atoms with Crippen molar-refractivity contribution in [2.75, 3.05) is 0 Å². The van der Waals surface area contributed by atoms with Crippen molar-refractivity contribution < 1.29 is 4.39 Å². The van der Waals surface area contributed by atoms with Gasteiger partial charge < -0.3 is 0 Å². The molecule has 0 fully saturated rings. The molecule has 0 amide bonds. The maximum absolute atomic E-state index is 14.1. The van der Waals surface area contributed by atoms with Crippen molar-refractivity contribution in [3.63, 3.8) is 0 Å². The standard InChI is InChI=1S/C19H20FN3/c1-14-8-9-18(19(20)10-14)15(2)11-17-13-23(22-21-17)12-16-6-4-3-5-7-16/h3-10,13,15H,11-12H2,1-2H3. The van der Waals surface area contributed by atoms with Crippen LogP contribution in [-0.2, 0) is 13.0 Å². The topological polar surface area (TPSA) is 30.7 Å². The highest BCUT2D eigenvalue weighted by molar-refractivity contribution is 5.27. The van der Waals surface area contributed by atoms with Crippen molar-refractivity contribution in [2.24, 2.45) is 0 Å². The highest BCUT2D eigenvalue weighted by Crippen LogP contribution is 2.23. The number of benzene rings is 2. The van der Waals surface area contributed by atoms with E-state index in [1.54, 1.807) is 6.07 Å². The van der Waals surface area contributed by atoms with Gasteiger partial charge in [0, 0.05) is 6.20 Å². The van der Waals surface area contributed by atoms with E-state index in [1.807, 2.05) is 55.1 Å². The zero-order valence-electron chi connectivity index (χ0n) is 13.4. The summed E-state index contributed by atoms with van der Waals surface area (Å²) in [6, 6.07) is 15.5. The van der Waals surface area contributed by atoms with Gasteiger partial charge in [0.25, 0.3) is 0 Å². The Kier molecular flexibility index (Phi) is 4.51. The number of aryl methyl sites for hydroxylation is 1. The second-order valence-corrected chi connectivity index (χ2v) is 6.02. The maximum atomic E-state index is 14.1. The van der Waals surface area contributed by atoms with Gasteiger partial charge in [-0.1, -0.05) is 54.6 Å². The molecule has 4 heteroatoms. The summed E-state index contributed by atoms with van der Waals surface area (Å²) in [6.45, 7) is 4.61. The molecule has 23 heavy (non-hydrogen) atoms. The molecular formula is C19H20FN3. The monoisotopic (exact) mass is 309 g/mol. The van der Waals surface area contributed by atoms with Crippen LogP contribution in [0, 0.1) is 12.7 Å². The lowest BCUT2D eigenvalue weighted by Crippen LogP contribution is -2.02. The predicted molar refractivity (Wildman–Crippen MR) is 88.8 cm³/mol. The lowest BCUT2D eigenvalue weighted by molar-refractivity contribution is 0.584. The van der Waals surface area contributed by atoms with Crippen LogP contribution in [0.1, 0.15) is 35.2 Å². The first-order valence-electron chi connectivity index (χ1n) is 7.81. The maximum Gasteiger partial charge on any atom is 0.126 e. The molecule has 0 radical (unpaired) electrons. The number of hydrogen-bond donors (Lipinski definition) is 0. The van der Waals surface area contributed by atoms with Gasteiger partial charge in [-0.2, -0.15) is 0 Å². The first-order chi connectivity index (χ1) is 11.1. The molecule has 0 N–H and O–H groups in total. The molecule has 3 aromatic rings. The highest BCUT2D eigenvalue weighted by Gasteiger charge is 2.13. The zero-order valence-corrected chi connectivity index (χ0v) is 13.4. The summed E-state index contributed by atoms with van der Waals surface area (Å²) in [5.41, 5.74) is 3.73. The first kappa shape index (κ1) is 15.4. The van der Waals surface area contributed by atoms with E-state index in [4.69, 9.17) is 0 Å². The van der Waals surface area contributed by atoms with E-state index < -0.39 is 0 Å². The minimum Gasteiger partial charge on any atom is -0.248 e. The molecule has 0 bridgehead atoms. The number of hydrogen-bond acceptors (Lipinski definition) is 2. The van der Waals surface area contributed by atoms with Crippen LogP contribution in [0.25, 0.3) is 0 Å². The van der Waals surface area contributed by atoms with Gasteiger partial charge in [0.1, 0.15) is 5.82 Å². The van der Waals surface area contributed by atoms with Crippen LogP contribution in [0.4, 0.5) is 4.39 Å². The average Bonchev–Trinajstić information content (AvgIpc) is 2.95. The third-order valence-corrected chi connectivity index (χ3v) is 3.98. The van der Waals surface area contributed by atoms with Gasteiger partial charge >= 0.3 is 0 Å². The van der Waals surface area contributed by atoms with Gasteiger partial charge in [-0.15, -0.1) is 5.10 Å². The molecule has 0 spiro atoms. The second-order valence-electron chi connectivity index (χ2n) is 6.02. The summed E-state index contributed by atoms with van der Waals surface area (Å²) >= 11 is 0. The molecule has 1 aromatic heterocycles. The van der Waals surface area contributed by atoms with E-state index in [0.29, 0.717) is 13.0 Å². The Morgan fingerprint density at radius 2 is 1.91 bits per heavy atom. The zero-order chi connectivity index (χ0) is 16.2. The fourth-order valence-electron chi connectivity index (χ4n) is 2.74. The Balaban J connectivity index is 1.69. The van der Waals surface area contributed by atoms with Crippen molar-refractivity contribution in [1.29, 1.82) is 0 Å². The molecule has 1 unspecified atom stereocenters.